The third kappa shape index (κ3) is 5.38. The summed E-state index contributed by atoms with van der Waals surface area (Å²) in [7, 11) is 2.60. The van der Waals surface area contributed by atoms with Crippen molar-refractivity contribution in [3.63, 3.8) is 0 Å². The molecule has 3 aromatic rings. The Kier molecular flexibility index (Phi) is 8.35. The second-order valence-corrected chi connectivity index (χ2v) is 11.6. The van der Waals surface area contributed by atoms with Crippen molar-refractivity contribution in [1.82, 2.24) is 4.48 Å². The number of allylic oxidation sites excluding steroid dienone is 2. The van der Waals surface area contributed by atoms with Crippen molar-refractivity contribution in [2.24, 2.45) is 0 Å². The number of hydrogen-bond donors (Lipinski definition) is 0. The lowest BCUT2D eigenvalue weighted by Crippen LogP contribution is -2.51. The van der Waals surface area contributed by atoms with Crippen molar-refractivity contribution in [3.05, 3.63) is 84.1 Å². The third-order valence-corrected chi connectivity index (χ3v) is 8.96. The van der Waals surface area contributed by atoms with Gasteiger partial charge >= 0.3 is 18.9 Å². The van der Waals surface area contributed by atoms with Crippen molar-refractivity contribution in [2.45, 2.75) is 39.5 Å². The first kappa shape index (κ1) is 29.3. The van der Waals surface area contributed by atoms with Crippen LogP contribution in [0.2, 0.25) is 0 Å². The van der Waals surface area contributed by atoms with E-state index in [4.69, 9.17) is 9.47 Å². The summed E-state index contributed by atoms with van der Waals surface area (Å²) in [5.74, 6) is 11.2. The van der Waals surface area contributed by atoms with Crippen molar-refractivity contribution in [3.8, 4) is 23.7 Å². The minimum absolute atomic E-state index is 0.0331. The molecule has 0 atom stereocenters. The van der Waals surface area contributed by atoms with Gasteiger partial charge in [-0.15, -0.1) is 22.7 Å². The Hall–Kier alpha value is -4.19. The van der Waals surface area contributed by atoms with Crippen LogP contribution in [0, 0.1) is 30.6 Å². The maximum atomic E-state index is 17.0. The molecular weight excluding hydrogens is 577 g/mol. The van der Waals surface area contributed by atoms with Gasteiger partial charge in [0.15, 0.2) is 5.70 Å². The number of halogens is 2. The van der Waals surface area contributed by atoms with E-state index in [1.54, 1.807) is 19.9 Å². The maximum absolute atomic E-state index is 17.0. The number of carbonyl (C=O) groups is 2. The van der Waals surface area contributed by atoms with Crippen LogP contribution < -0.4 is 0 Å². The molecule has 3 aromatic heterocycles. The Balaban J connectivity index is 1.75. The second-order valence-electron chi connectivity index (χ2n) is 9.75. The number of ether oxygens (including phenoxy) is 2. The van der Waals surface area contributed by atoms with Gasteiger partial charge in [-0.25, -0.2) is 0 Å². The fourth-order valence-corrected chi connectivity index (χ4v) is 6.45. The summed E-state index contributed by atoms with van der Waals surface area (Å²) in [4.78, 5) is 25.6. The summed E-state index contributed by atoms with van der Waals surface area (Å²) < 4.78 is 45.7. The molecule has 11 heteroatoms. The number of hydrogen-bond acceptors (Lipinski definition) is 6. The number of nitrogens with zero attached hydrogens (tertiary/aromatic N) is 2. The minimum Gasteiger partial charge on any atom is -0.469 e. The predicted molar refractivity (Wildman–Crippen MR) is 162 cm³/mol. The zero-order chi connectivity index (χ0) is 30.0. The first-order chi connectivity index (χ1) is 20.2. The van der Waals surface area contributed by atoms with E-state index in [2.05, 4.69) is 23.7 Å². The molecule has 214 valence electrons. The summed E-state index contributed by atoms with van der Waals surface area (Å²) in [6, 6.07) is 7.37. The van der Waals surface area contributed by atoms with Gasteiger partial charge in [-0.3, -0.25) is 9.59 Å². The maximum Gasteiger partial charge on any atom is 0.738 e. The SMILES string of the molecule is COC(=O)CCC1=C(C)C(C#Cc2cccs2)=[N+]2C1=Cc1c(CCC(=O)OC)c(C)c(C#Cc3cccs3)n1[B-]2(F)F. The minimum atomic E-state index is -4.47. The average Bonchev–Trinajstić information content (AvgIpc) is 3.77. The lowest BCUT2D eigenvalue weighted by Gasteiger charge is -2.30. The van der Waals surface area contributed by atoms with Crippen LogP contribution >= 0.6 is 22.7 Å². The van der Waals surface area contributed by atoms with Crippen LogP contribution in [0.15, 0.2) is 51.9 Å². The first-order valence-corrected chi connectivity index (χ1v) is 15.0. The molecule has 0 amide bonds. The first-order valence-electron chi connectivity index (χ1n) is 13.3. The monoisotopic (exact) mass is 604 g/mol. The highest BCUT2D eigenvalue weighted by molar-refractivity contribution is 7.10. The van der Waals surface area contributed by atoms with Gasteiger partial charge in [0.05, 0.1) is 29.7 Å². The zero-order valence-corrected chi connectivity index (χ0v) is 25.2. The largest absolute Gasteiger partial charge is 0.738 e. The summed E-state index contributed by atoms with van der Waals surface area (Å²) in [6.45, 7) is -0.959. The molecule has 0 saturated heterocycles. The summed E-state index contributed by atoms with van der Waals surface area (Å²) in [5.41, 5.74) is 3.33. The molecular formula is C31H27BF2N2O4S2. The standard InChI is InChI=1S/C31H27BF2N2O4S2/c1-20-24(11-15-30(37)39-3)28-19-29-25(12-16-31(38)40-4)21(2)27(14-10-23-8-6-18-42-23)36(29)32(33,34)35(28)26(20)13-9-22-7-5-17-41-22/h5-8,17-19H,11-12,15-16H2,1-4H3. The Morgan fingerprint density at radius 3 is 2.10 bits per heavy atom. The summed E-state index contributed by atoms with van der Waals surface area (Å²) in [6.07, 6.45) is 2.19. The van der Waals surface area contributed by atoms with Gasteiger partial charge in [0.1, 0.15) is 0 Å². The normalized spacial score (nSPS) is 14.8. The van der Waals surface area contributed by atoms with E-state index in [-0.39, 0.29) is 37.1 Å². The lowest BCUT2D eigenvalue weighted by atomic mass is 9.88. The summed E-state index contributed by atoms with van der Waals surface area (Å²) >= 11 is 2.85. The number of methoxy groups -OCH3 is 2. The van der Waals surface area contributed by atoms with Gasteiger partial charge in [0.25, 0.3) is 0 Å². The Morgan fingerprint density at radius 2 is 1.52 bits per heavy atom. The number of esters is 2. The highest BCUT2D eigenvalue weighted by Crippen LogP contribution is 2.42. The summed E-state index contributed by atoms with van der Waals surface area (Å²) in [5, 5.41) is 3.75. The molecule has 0 radical (unpaired) electrons. The van der Waals surface area contributed by atoms with Crippen LogP contribution in [0.4, 0.5) is 8.63 Å². The van der Waals surface area contributed by atoms with Crippen LogP contribution in [0.1, 0.15) is 58.5 Å². The van der Waals surface area contributed by atoms with Crippen LogP contribution in [-0.2, 0) is 25.5 Å². The Bertz CT molecular complexity index is 1790. The topological polar surface area (TPSA) is 60.5 Å². The Morgan fingerprint density at radius 1 is 0.929 bits per heavy atom. The number of aromatic nitrogens is 1. The molecule has 42 heavy (non-hydrogen) atoms. The average molecular weight is 605 g/mol. The molecule has 6 nitrogen and oxygen atoms in total. The van der Waals surface area contributed by atoms with Gasteiger partial charge in [-0.1, -0.05) is 12.1 Å². The molecule has 2 aliphatic rings. The molecule has 0 N–H and O–H groups in total. The second kappa shape index (κ2) is 12.0. The smallest absolute Gasteiger partial charge is 0.469 e. The van der Waals surface area contributed by atoms with Crippen molar-refractivity contribution in [2.75, 3.05) is 14.2 Å². The highest BCUT2D eigenvalue weighted by Gasteiger charge is 2.56. The number of thiophene rings is 2. The van der Waals surface area contributed by atoms with Crippen molar-refractivity contribution >= 4 is 53.4 Å². The van der Waals surface area contributed by atoms with Gasteiger partial charge in [0, 0.05) is 41.7 Å². The van der Waals surface area contributed by atoms with E-state index in [0.717, 1.165) is 18.7 Å². The molecule has 0 spiro atoms. The molecule has 5 heterocycles. The molecule has 0 aliphatic carbocycles. The predicted octanol–water partition coefficient (Wildman–Crippen LogP) is 5.79. The quantitative estimate of drug-likeness (QED) is 0.203. The van der Waals surface area contributed by atoms with E-state index < -0.39 is 18.9 Å². The molecule has 2 aliphatic heterocycles. The fraction of sp³-hybridized carbons (Fsp3) is 0.258. The molecule has 0 unspecified atom stereocenters. The van der Waals surface area contributed by atoms with E-state index in [1.807, 2.05) is 35.0 Å². The van der Waals surface area contributed by atoms with Gasteiger partial charge in [-0.2, -0.15) is 0 Å². The molecule has 5 rings (SSSR count). The number of rotatable bonds is 6. The van der Waals surface area contributed by atoms with Gasteiger partial charge in [-0.05, 0) is 78.5 Å². The van der Waals surface area contributed by atoms with Crippen molar-refractivity contribution < 1.29 is 32.2 Å². The Labute approximate surface area is 251 Å². The van der Waals surface area contributed by atoms with E-state index in [0.29, 0.717) is 33.7 Å². The fourth-order valence-electron chi connectivity index (χ4n) is 5.31. The van der Waals surface area contributed by atoms with Gasteiger partial charge in [0.2, 0.25) is 5.71 Å². The van der Waals surface area contributed by atoms with Crippen LogP contribution in [0.5, 0.6) is 0 Å². The van der Waals surface area contributed by atoms with Crippen LogP contribution in [-0.4, -0.2) is 47.8 Å². The third-order valence-electron chi connectivity index (χ3n) is 7.39. The van der Waals surface area contributed by atoms with E-state index in [1.165, 1.54) is 36.9 Å². The van der Waals surface area contributed by atoms with Crippen LogP contribution in [0.3, 0.4) is 0 Å². The molecule has 0 fully saturated rings. The molecule has 0 bridgehead atoms. The lowest BCUT2D eigenvalue weighted by molar-refractivity contribution is -0.361. The van der Waals surface area contributed by atoms with E-state index in [9.17, 15) is 9.59 Å². The number of carbonyl (C=O) groups excluding carboxylic acids is 2. The number of fused-ring (bicyclic) bond motifs is 2. The van der Waals surface area contributed by atoms with Gasteiger partial charge < -0.3 is 27.1 Å². The van der Waals surface area contributed by atoms with Crippen molar-refractivity contribution in [1.29, 1.82) is 0 Å². The highest BCUT2D eigenvalue weighted by atomic mass is 32.1. The van der Waals surface area contributed by atoms with E-state index >= 15 is 8.63 Å². The molecule has 0 aromatic carbocycles. The molecule has 0 saturated carbocycles. The zero-order valence-electron chi connectivity index (χ0n) is 23.5. The van der Waals surface area contributed by atoms with Crippen LogP contribution in [0.25, 0.3) is 6.08 Å².